The van der Waals surface area contributed by atoms with E-state index in [1.807, 2.05) is 37.3 Å². The zero-order valence-electron chi connectivity index (χ0n) is 22.9. The summed E-state index contributed by atoms with van der Waals surface area (Å²) in [6.45, 7) is 8.39. The summed E-state index contributed by atoms with van der Waals surface area (Å²) < 4.78 is 18.6. The zero-order valence-corrected chi connectivity index (χ0v) is 22.9. The average molecular weight is 541 g/mol. The lowest BCUT2D eigenvalue weighted by atomic mass is 9.92. The van der Waals surface area contributed by atoms with E-state index < -0.39 is 5.97 Å². The molecule has 1 saturated heterocycles. The molecule has 0 amide bonds. The van der Waals surface area contributed by atoms with E-state index in [0.29, 0.717) is 24.2 Å². The van der Waals surface area contributed by atoms with Crippen molar-refractivity contribution in [1.82, 2.24) is 19.7 Å². The van der Waals surface area contributed by atoms with Crippen LogP contribution in [0.3, 0.4) is 0 Å². The lowest BCUT2D eigenvalue weighted by Crippen LogP contribution is -2.50. The minimum Gasteiger partial charge on any atom is -0.488 e. The number of aryl methyl sites for hydroxylation is 2. The Hall–Kier alpha value is -4.21. The molecule has 4 aromatic rings. The van der Waals surface area contributed by atoms with Crippen molar-refractivity contribution in [2.45, 2.75) is 39.5 Å². The van der Waals surface area contributed by atoms with Gasteiger partial charge in [-0.15, -0.1) is 0 Å². The van der Waals surface area contributed by atoms with Gasteiger partial charge in [0.25, 0.3) is 0 Å². The second kappa shape index (κ2) is 10.7. The largest absolute Gasteiger partial charge is 0.488 e. The summed E-state index contributed by atoms with van der Waals surface area (Å²) in [5.41, 5.74) is 7.79. The number of para-hydroxylation sites is 1. The highest BCUT2D eigenvalue weighted by Crippen LogP contribution is 2.34. The summed E-state index contributed by atoms with van der Waals surface area (Å²) in [5.74, 6) is 0.209. The third-order valence-corrected chi connectivity index (χ3v) is 7.76. The first-order valence-corrected chi connectivity index (χ1v) is 13.4. The molecule has 1 fully saturated rings. The van der Waals surface area contributed by atoms with Crippen molar-refractivity contribution < 1.29 is 24.1 Å². The van der Waals surface area contributed by atoms with Crippen LogP contribution in [0.25, 0.3) is 17.1 Å². The van der Waals surface area contributed by atoms with Crippen molar-refractivity contribution in [2.24, 2.45) is 0 Å². The molecule has 0 bridgehead atoms. The van der Waals surface area contributed by atoms with Gasteiger partial charge in [-0.3, -0.25) is 4.90 Å². The lowest BCUT2D eigenvalue weighted by molar-refractivity contribution is -0.0695. The molecule has 2 aliphatic rings. The molecule has 0 spiro atoms. The number of carboxylic acids is 1. The van der Waals surface area contributed by atoms with Crippen LogP contribution in [0.2, 0.25) is 0 Å². The van der Waals surface area contributed by atoms with Crippen LogP contribution in [0.1, 0.15) is 38.2 Å². The number of pyridine rings is 1. The van der Waals surface area contributed by atoms with Crippen LogP contribution in [-0.4, -0.2) is 63.7 Å². The highest BCUT2D eigenvalue weighted by atomic mass is 16.5. The molecule has 0 radical (unpaired) electrons. The number of nitrogens with zero attached hydrogens (tertiary/aromatic N) is 4. The van der Waals surface area contributed by atoms with Gasteiger partial charge in [-0.05, 0) is 66.3 Å². The van der Waals surface area contributed by atoms with Crippen LogP contribution in [0.15, 0.2) is 54.7 Å². The fourth-order valence-corrected chi connectivity index (χ4v) is 5.53. The minimum atomic E-state index is -1.11. The number of fused-ring (bicyclic) bond motifs is 1. The van der Waals surface area contributed by atoms with Crippen LogP contribution >= 0.6 is 0 Å². The van der Waals surface area contributed by atoms with E-state index in [2.05, 4.69) is 29.1 Å². The number of aromatic carboxylic acids is 1. The van der Waals surface area contributed by atoms with Gasteiger partial charge in [0.15, 0.2) is 5.82 Å². The molecule has 6 rings (SSSR count). The van der Waals surface area contributed by atoms with Crippen LogP contribution < -0.4 is 9.47 Å². The molecule has 2 aliphatic heterocycles. The molecule has 1 N–H and O–H groups in total. The van der Waals surface area contributed by atoms with E-state index in [-0.39, 0.29) is 11.4 Å². The molecule has 0 aliphatic carbocycles. The van der Waals surface area contributed by atoms with Crippen molar-refractivity contribution in [2.75, 3.05) is 26.9 Å². The monoisotopic (exact) mass is 540 g/mol. The van der Waals surface area contributed by atoms with Gasteiger partial charge in [0.1, 0.15) is 17.9 Å². The highest BCUT2D eigenvalue weighted by molar-refractivity contribution is 5.90. The summed E-state index contributed by atoms with van der Waals surface area (Å²) in [7, 11) is 1.41. The Balaban J connectivity index is 1.26. The van der Waals surface area contributed by atoms with Crippen LogP contribution in [0, 0.1) is 13.8 Å². The maximum atomic E-state index is 11.6. The predicted molar refractivity (Wildman–Crippen MR) is 149 cm³/mol. The topological polar surface area (TPSA) is 98.9 Å². The maximum Gasteiger partial charge on any atom is 0.342 e. The summed E-state index contributed by atoms with van der Waals surface area (Å²) >= 11 is 0. The fourth-order valence-electron chi connectivity index (χ4n) is 5.53. The van der Waals surface area contributed by atoms with Gasteiger partial charge in [-0.2, -0.15) is 9.78 Å². The summed E-state index contributed by atoms with van der Waals surface area (Å²) in [5, 5.41) is 13.7. The average Bonchev–Trinajstić information content (AvgIpc) is 3.36. The van der Waals surface area contributed by atoms with Gasteiger partial charge in [0.05, 0.1) is 38.3 Å². The van der Waals surface area contributed by atoms with Crippen molar-refractivity contribution in [3.05, 3.63) is 88.1 Å². The molecule has 40 heavy (non-hydrogen) atoms. The number of hydrogen-bond acceptors (Lipinski definition) is 7. The second-order valence-electron chi connectivity index (χ2n) is 10.4. The first kappa shape index (κ1) is 26.0. The smallest absolute Gasteiger partial charge is 0.342 e. The summed E-state index contributed by atoms with van der Waals surface area (Å²) in [6.07, 6.45) is 2.30. The van der Waals surface area contributed by atoms with Crippen LogP contribution in [0.4, 0.5) is 0 Å². The summed E-state index contributed by atoms with van der Waals surface area (Å²) in [4.78, 5) is 18.9. The van der Waals surface area contributed by atoms with E-state index in [0.717, 1.165) is 55.2 Å². The van der Waals surface area contributed by atoms with Gasteiger partial charge in [0, 0.05) is 18.7 Å². The number of hydrogen-bond donors (Lipinski definition) is 1. The highest BCUT2D eigenvalue weighted by Gasteiger charge is 2.29. The van der Waals surface area contributed by atoms with E-state index in [1.54, 1.807) is 6.07 Å². The Labute approximate surface area is 232 Å². The Morgan fingerprint density at radius 2 is 1.95 bits per heavy atom. The number of rotatable bonds is 8. The molecule has 0 saturated carbocycles. The Morgan fingerprint density at radius 3 is 2.70 bits per heavy atom. The third kappa shape index (κ3) is 4.82. The Morgan fingerprint density at radius 1 is 1.12 bits per heavy atom. The number of methoxy groups -OCH3 is 1. The Kier molecular flexibility index (Phi) is 7.00. The molecule has 4 heterocycles. The van der Waals surface area contributed by atoms with E-state index in [4.69, 9.17) is 19.2 Å². The SMILES string of the molecule is COc1c(C(=O)O)cnn1-c1cccc(-c2cccc(C)c2OCc2cc(C)c3c(c2)CCN(C2COC2)C3)n1. The summed E-state index contributed by atoms with van der Waals surface area (Å²) in [6, 6.07) is 16.6. The van der Waals surface area contributed by atoms with Crippen molar-refractivity contribution in [3.8, 4) is 28.7 Å². The minimum absolute atomic E-state index is 0.0283. The molecule has 9 heteroatoms. The fraction of sp³-hybridized carbons (Fsp3) is 0.323. The Bertz CT molecular complexity index is 1580. The number of ether oxygens (including phenoxy) is 3. The van der Waals surface area contributed by atoms with E-state index >= 15 is 0 Å². The van der Waals surface area contributed by atoms with Crippen molar-refractivity contribution >= 4 is 5.97 Å². The number of benzene rings is 2. The molecular formula is C31H32N4O5. The van der Waals surface area contributed by atoms with Crippen LogP contribution in [0.5, 0.6) is 11.6 Å². The number of carboxylic acid groups (broad SMARTS) is 1. The molecule has 206 valence electrons. The van der Waals surface area contributed by atoms with Crippen LogP contribution in [-0.2, 0) is 24.3 Å². The van der Waals surface area contributed by atoms with Crippen molar-refractivity contribution in [3.63, 3.8) is 0 Å². The molecule has 2 aromatic heterocycles. The molecule has 2 aromatic carbocycles. The third-order valence-electron chi connectivity index (χ3n) is 7.76. The molecular weight excluding hydrogens is 508 g/mol. The maximum absolute atomic E-state index is 11.6. The van der Waals surface area contributed by atoms with Gasteiger partial charge in [-0.25, -0.2) is 9.78 Å². The molecule has 0 unspecified atom stereocenters. The van der Waals surface area contributed by atoms with Crippen molar-refractivity contribution in [1.29, 1.82) is 0 Å². The van der Waals surface area contributed by atoms with E-state index in [1.165, 1.54) is 34.7 Å². The van der Waals surface area contributed by atoms with Gasteiger partial charge < -0.3 is 19.3 Å². The molecule has 0 atom stereocenters. The first-order chi connectivity index (χ1) is 19.4. The number of carbonyl (C=O) groups is 1. The molecule has 9 nitrogen and oxygen atoms in total. The predicted octanol–water partition coefficient (Wildman–Crippen LogP) is 4.59. The van der Waals surface area contributed by atoms with Gasteiger partial charge in [0.2, 0.25) is 5.88 Å². The zero-order chi connectivity index (χ0) is 27.8. The first-order valence-electron chi connectivity index (χ1n) is 13.4. The van der Waals surface area contributed by atoms with Gasteiger partial charge in [-0.1, -0.05) is 30.3 Å². The second-order valence-corrected chi connectivity index (χ2v) is 10.4. The normalized spacial score (nSPS) is 15.4. The van der Waals surface area contributed by atoms with Gasteiger partial charge >= 0.3 is 5.97 Å². The van der Waals surface area contributed by atoms with E-state index in [9.17, 15) is 9.90 Å². The number of aromatic nitrogens is 3. The standard InChI is InChI=1S/C31H32N4O5/c1-19-6-4-7-24(27-8-5-9-28(33-27)35-30(38-3)25(14-32-35)31(36)37)29(19)40-16-21-12-20(2)26-15-34(23-17-39-18-23)11-10-22(26)13-21/h4-9,12-14,23H,10-11,15-18H2,1-3H3,(H,36,37). The quantitative estimate of drug-likeness (QED) is 0.346. The lowest BCUT2D eigenvalue weighted by Gasteiger charge is -2.40.